The molecule has 0 amide bonds. The lowest BCUT2D eigenvalue weighted by molar-refractivity contribution is 0.591. The molecule has 0 aliphatic carbocycles. The van der Waals surface area contributed by atoms with Gasteiger partial charge in [-0.2, -0.15) is 10.2 Å². The minimum Gasteiger partial charge on any atom is -0.370 e. The monoisotopic (exact) mass is 242 g/mol. The number of aryl methyl sites for hydroxylation is 1. The van der Waals surface area contributed by atoms with Crippen LogP contribution in [0.15, 0.2) is 43.0 Å². The summed E-state index contributed by atoms with van der Waals surface area (Å²) in [6.07, 6.45) is 8.41. The molecule has 1 N–H and O–H groups in total. The van der Waals surface area contributed by atoms with Crippen LogP contribution < -0.4 is 5.32 Å². The van der Waals surface area contributed by atoms with Gasteiger partial charge in [0.15, 0.2) is 5.65 Å². The highest BCUT2D eigenvalue weighted by Gasteiger charge is 1.98. The van der Waals surface area contributed by atoms with Crippen molar-refractivity contribution in [2.75, 3.05) is 11.9 Å². The number of anilines is 1. The lowest BCUT2D eigenvalue weighted by atomic mass is 10.4. The van der Waals surface area contributed by atoms with Crippen LogP contribution in [0.4, 0.5) is 5.82 Å². The second kappa shape index (κ2) is 4.87. The fourth-order valence-corrected chi connectivity index (χ4v) is 1.80. The Bertz CT molecular complexity index is 612. The zero-order valence-corrected chi connectivity index (χ0v) is 9.90. The molecule has 18 heavy (non-hydrogen) atoms. The lowest BCUT2D eigenvalue weighted by Gasteiger charge is -2.05. The molecule has 6 heteroatoms. The van der Waals surface area contributed by atoms with Gasteiger partial charge in [0.2, 0.25) is 0 Å². The zero-order chi connectivity index (χ0) is 12.2. The van der Waals surface area contributed by atoms with Crippen molar-refractivity contribution in [2.24, 2.45) is 0 Å². The Balaban J connectivity index is 1.53. The van der Waals surface area contributed by atoms with E-state index < -0.39 is 0 Å². The summed E-state index contributed by atoms with van der Waals surface area (Å²) < 4.78 is 3.67. The van der Waals surface area contributed by atoms with Crippen molar-refractivity contribution < 1.29 is 0 Å². The zero-order valence-electron chi connectivity index (χ0n) is 9.90. The molecule has 3 rings (SSSR count). The van der Waals surface area contributed by atoms with E-state index in [4.69, 9.17) is 0 Å². The first-order valence-corrected chi connectivity index (χ1v) is 5.93. The number of aromatic nitrogens is 5. The summed E-state index contributed by atoms with van der Waals surface area (Å²) in [4.78, 5) is 4.44. The maximum Gasteiger partial charge on any atom is 0.157 e. The molecule has 92 valence electrons. The Kier molecular flexibility index (Phi) is 2.91. The van der Waals surface area contributed by atoms with Crippen LogP contribution in [0.5, 0.6) is 0 Å². The minimum absolute atomic E-state index is 0.854. The molecule has 0 atom stereocenters. The van der Waals surface area contributed by atoms with E-state index in [0.29, 0.717) is 0 Å². The maximum absolute atomic E-state index is 4.44. The molecular formula is C12H14N6. The van der Waals surface area contributed by atoms with E-state index >= 15 is 0 Å². The van der Waals surface area contributed by atoms with E-state index in [9.17, 15) is 0 Å². The summed E-state index contributed by atoms with van der Waals surface area (Å²) in [5.41, 5.74) is 0.854. The van der Waals surface area contributed by atoms with Crippen LogP contribution in [-0.4, -0.2) is 30.9 Å². The van der Waals surface area contributed by atoms with Crippen molar-refractivity contribution in [3.05, 3.63) is 43.0 Å². The average Bonchev–Trinajstić information content (AvgIpc) is 3.05. The highest BCUT2D eigenvalue weighted by Crippen LogP contribution is 2.05. The highest BCUT2D eigenvalue weighted by molar-refractivity contribution is 5.45. The molecule has 6 nitrogen and oxygen atoms in total. The normalized spacial score (nSPS) is 10.9. The average molecular weight is 242 g/mol. The predicted molar refractivity (Wildman–Crippen MR) is 68.3 cm³/mol. The second-order valence-corrected chi connectivity index (χ2v) is 4.00. The summed E-state index contributed by atoms with van der Waals surface area (Å²) in [6, 6.07) is 5.74. The van der Waals surface area contributed by atoms with Crippen molar-refractivity contribution in [3.8, 4) is 0 Å². The molecule has 0 aliphatic heterocycles. The van der Waals surface area contributed by atoms with E-state index in [2.05, 4.69) is 20.5 Å². The van der Waals surface area contributed by atoms with Gasteiger partial charge in [0.25, 0.3) is 0 Å². The Morgan fingerprint density at radius 2 is 2.11 bits per heavy atom. The molecule has 0 aliphatic rings. The van der Waals surface area contributed by atoms with Crippen LogP contribution in [-0.2, 0) is 6.54 Å². The van der Waals surface area contributed by atoms with E-state index in [0.717, 1.165) is 31.0 Å². The third kappa shape index (κ3) is 2.32. The molecule has 0 spiro atoms. The topological polar surface area (TPSA) is 60.0 Å². The van der Waals surface area contributed by atoms with Gasteiger partial charge in [-0.3, -0.25) is 4.68 Å². The molecule has 0 bridgehead atoms. The summed E-state index contributed by atoms with van der Waals surface area (Å²) in [5.74, 6) is 0.878. The minimum atomic E-state index is 0.854. The van der Waals surface area contributed by atoms with Crippen LogP contribution in [0, 0.1) is 0 Å². The van der Waals surface area contributed by atoms with Gasteiger partial charge in [0.05, 0.1) is 6.20 Å². The molecule has 0 aromatic carbocycles. The van der Waals surface area contributed by atoms with E-state index in [1.54, 1.807) is 16.9 Å². The Morgan fingerprint density at radius 1 is 1.11 bits per heavy atom. The molecule has 0 fully saturated rings. The SMILES string of the molecule is c1cnn(CCCNc2ccn3nccc3n2)c1. The van der Waals surface area contributed by atoms with E-state index in [1.165, 1.54) is 0 Å². The van der Waals surface area contributed by atoms with Crippen molar-refractivity contribution in [1.82, 2.24) is 24.4 Å². The summed E-state index contributed by atoms with van der Waals surface area (Å²) in [6.45, 7) is 1.78. The summed E-state index contributed by atoms with van der Waals surface area (Å²) >= 11 is 0. The molecule has 3 aromatic heterocycles. The predicted octanol–water partition coefficient (Wildman–Crippen LogP) is 1.43. The molecule has 0 saturated heterocycles. The number of hydrogen-bond donors (Lipinski definition) is 1. The molecule has 0 radical (unpaired) electrons. The van der Waals surface area contributed by atoms with Gasteiger partial charge in [-0.25, -0.2) is 9.50 Å². The van der Waals surface area contributed by atoms with Crippen LogP contribution in [0.1, 0.15) is 6.42 Å². The van der Waals surface area contributed by atoms with Crippen molar-refractivity contribution in [3.63, 3.8) is 0 Å². The lowest BCUT2D eigenvalue weighted by Crippen LogP contribution is -2.08. The Hall–Kier alpha value is -2.37. The first kappa shape index (κ1) is 10.8. The molecule has 0 saturated carbocycles. The van der Waals surface area contributed by atoms with Gasteiger partial charge < -0.3 is 5.32 Å². The standard InChI is InChI=1S/C12H14N6/c1(8-17-9-2-6-14-17)5-13-11-4-10-18-12(16-11)3-7-15-18/h2-4,6-7,9-10H,1,5,8H2,(H,13,16). The third-order valence-corrected chi connectivity index (χ3v) is 2.69. The number of nitrogens with one attached hydrogen (secondary N) is 1. The van der Waals surface area contributed by atoms with Crippen LogP contribution in [0.3, 0.4) is 0 Å². The van der Waals surface area contributed by atoms with Gasteiger partial charge in [-0.15, -0.1) is 0 Å². The van der Waals surface area contributed by atoms with Crippen molar-refractivity contribution >= 4 is 11.5 Å². The first-order chi connectivity index (χ1) is 8.92. The number of nitrogens with zero attached hydrogens (tertiary/aromatic N) is 5. The van der Waals surface area contributed by atoms with Crippen molar-refractivity contribution in [2.45, 2.75) is 13.0 Å². The number of fused-ring (bicyclic) bond motifs is 1. The number of rotatable bonds is 5. The third-order valence-electron chi connectivity index (χ3n) is 2.69. The van der Waals surface area contributed by atoms with E-state index in [1.807, 2.05) is 35.3 Å². The maximum atomic E-state index is 4.44. The second-order valence-electron chi connectivity index (χ2n) is 4.00. The molecular weight excluding hydrogens is 228 g/mol. The smallest absolute Gasteiger partial charge is 0.157 e. The van der Waals surface area contributed by atoms with E-state index in [-0.39, 0.29) is 0 Å². The Morgan fingerprint density at radius 3 is 3.00 bits per heavy atom. The van der Waals surface area contributed by atoms with Crippen molar-refractivity contribution in [1.29, 1.82) is 0 Å². The fraction of sp³-hybridized carbons (Fsp3) is 0.250. The first-order valence-electron chi connectivity index (χ1n) is 5.93. The fourth-order valence-electron chi connectivity index (χ4n) is 1.80. The molecule has 3 aromatic rings. The Labute approximate surface area is 104 Å². The van der Waals surface area contributed by atoms with Crippen LogP contribution in [0.2, 0.25) is 0 Å². The molecule has 3 heterocycles. The van der Waals surface area contributed by atoms with Gasteiger partial charge >= 0.3 is 0 Å². The summed E-state index contributed by atoms with van der Waals surface area (Å²) in [7, 11) is 0. The largest absolute Gasteiger partial charge is 0.370 e. The van der Waals surface area contributed by atoms with Gasteiger partial charge in [0.1, 0.15) is 5.82 Å². The highest BCUT2D eigenvalue weighted by atomic mass is 15.3. The van der Waals surface area contributed by atoms with Gasteiger partial charge in [-0.05, 0) is 18.6 Å². The van der Waals surface area contributed by atoms with Crippen LogP contribution in [0.25, 0.3) is 5.65 Å². The number of hydrogen-bond acceptors (Lipinski definition) is 4. The van der Waals surface area contributed by atoms with Gasteiger partial charge in [0, 0.05) is 37.7 Å². The van der Waals surface area contributed by atoms with Gasteiger partial charge in [-0.1, -0.05) is 0 Å². The van der Waals surface area contributed by atoms with Crippen LogP contribution >= 0.6 is 0 Å². The summed E-state index contributed by atoms with van der Waals surface area (Å²) in [5, 5.41) is 11.6. The molecule has 0 unspecified atom stereocenters. The quantitative estimate of drug-likeness (QED) is 0.687.